The highest BCUT2D eigenvalue weighted by Crippen LogP contribution is 2.27. The highest BCUT2D eigenvalue weighted by atomic mass is 32.2. The number of nitro groups is 1. The Morgan fingerprint density at radius 1 is 1.53 bits per heavy atom. The first kappa shape index (κ1) is 13.5. The summed E-state index contributed by atoms with van der Waals surface area (Å²) in [7, 11) is 0. The number of nitrogens with zero attached hydrogens (tertiary/aromatic N) is 3. The summed E-state index contributed by atoms with van der Waals surface area (Å²) in [6, 6.07) is 0. The van der Waals surface area contributed by atoms with Crippen LogP contribution in [0.5, 0.6) is 0 Å². The van der Waals surface area contributed by atoms with Crippen molar-refractivity contribution in [1.82, 2.24) is 9.97 Å². The average Bonchev–Trinajstić information content (AvgIpc) is 2.33. The first-order valence-corrected chi connectivity index (χ1v) is 6.29. The van der Waals surface area contributed by atoms with Crippen molar-refractivity contribution in [2.24, 2.45) is 5.84 Å². The van der Waals surface area contributed by atoms with E-state index in [0.29, 0.717) is 6.54 Å². The molecule has 0 unspecified atom stereocenters. The zero-order chi connectivity index (χ0) is 12.7. The summed E-state index contributed by atoms with van der Waals surface area (Å²) < 4.78 is 0. The molecule has 0 atom stereocenters. The van der Waals surface area contributed by atoms with Crippen molar-refractivity contribution in [3.05, 3.63) is 16.4 Å². The monoisotopic (exact) mass is 258 g/mol. The van der Waals surface area contributed by atoms with E-state index >= 15 is 0 Å². The minimum absolute atomic E-state index is 0.00244. The van der Waals surface area contributed by atoms with E-state index in [-0.39, 0.29) is 17.3 Å². The van der Waals surface area contributed by atoms with Crippen molar-refractivity contribution >= 4 is 29.1 Å². The molecule has 0 aliphatic heterocycles. The second-order valence-electron chi connectivity index (χ2n) is 3.09. The molecule has 17 heavy (non-hydrogen) atoms. The lowest BCUT2D eigenvalue weighted by Crippen LogP contribution is -2.14. The maximum absolute atomic E-state index is 10.9. The van der Waals surface area contributed by atoms with Crippen LogP contribution in [0.3, 0.4) is 0 Å². The van der Waals surface area contributed by atoms with Gasteiger partial charge in [-0.1, -0.05) is 0 Å². The molecule has 9 heteroatoms. The van der Waals surface area contributed by atoms with Crippen LogP contribution in [-0.2, 0) is 0 Å². The normalized spacial score (nSPS) is 10.0. The van der Waals surface area contributed by atoms with Crippen LogP contribution in [0.2, 0.25) is 0 Å². The van der Waals surface area contributed by atoms with Crippen molar-refractivity contribution in [2.75, 3.05) is 29.3 Å². The highest BCUT2D eigenvalue weighted by Gasteiger charge is 2.21. The van der Waals surface area contributed by atoms with Crippen LogP contribution in [0.4, 0.5) is 17.3 Å². The molecule has 1 aromatic heterocycles. The van der Waals surface area contributed by atoms with Gasteiger partial charge >= 0.3 is 5.69 Å². The van der Waals surface area contributed by atoms with E-state index in [1.165, 1.54) is 6.33 Å². The summed E-state index contributed by atoms with van der Waals surface area (Å²) >= 11 is 1.72. The maximum Gasteiger partial charge on any atom is 0.354 e. The predicted octanol–water partition coefficient (Wildman–Crippen LogP) is 0.835. The number of thioether (sulfide) groups is 1. The van der Waals surface area contributed by atoms with Crippen molar-refractivity contribution < 1.29 is 4.92 Å². The number of hydrogen-bond donors (Lipinski definition) is 3. The fourth-order valence-corrected chi connectivity index (χ4v) is 1.64. The van der Waals surface area contributed by atoms with Gasteiger partial charge in [0.25, 0.3) is 0 Å². The molecule has 0 aliphatic carbocycles. The van der Waals surface area contributed by atoms with Crippen molar-refractivity contribution in [3.8, 4) is 0 Å². The Morgan fingerprint density at radius 3 is 2.82 bits per heavy atom. The molecule has 0 amide bonds. The Hall–Kier alpha value is -1.61. The summed E-state index contributed by atoms with van der Waals surface area (Å²) in [5.41, 5.74) is 1.95. The highest BCUT2D eigenvalue weighted by molar-refractivity contribution is 7.98. The SMILES string of the molecule is CSCCCNc1ncnc(NN)c1[N+](=O)[O-]. The fourth-order valence-electron chi connectivity index (χ4n) is 1.21. The van der Waals surface area contributed by atoms with E-state index in [2.05, 4.69) is 20.7 Å². The molecular weight excluding hydrogens is 244 g/mol. The number of hydrazine groups is 1. The van der Waals surface area contributed by atoms with Crippen LogP contribution < -0.4 is 16.6 Å². The van der Waals surface area contributed by atoms with Gasteiger partial charge in [0.1, 0.15) is 6.33 Å². The van der Waals surface area contributed by atoms with Gasteiger partial charge in [-0.15, -0.1) is 0 Å². The number of anilines is 2. The molecule has 0 spiro atoms. The third-order valence-corrected chi connectivity index (χ3v) is 2.66. The zero-order valence-corrected chi connectivity index (χ0v) is 10.2. The number of nitrogen functional groups attached to an aromatic ring is 1. The molecule has 8 nitrogen and oxygen atoms in total. The predicted molar refractivity (Wildman–Crippen MR) is 68.0 cm³/mol. The number of aromatic nitrogens is 2. The summed E-state index contributed by atoms with van der Waals surface area (Å²) in [4.78, 5) is 17.8. The molecule has 1 heterocycles. The van der Waals surface area contributed by atoms with E-state index in [0.717, 1.165) is 12.2 Å². The van der Waals surface area contributed by atoms with Crippen LogP contribution in [-0.4, -0.2) is 33.4 Å². The Labute approximate surface area is 103 Å². The second kappa shape index (κ2) is 6.86. The minimum atomic E-state index is -0.563. The molecule has 1 rings (SSSR count). The molecule has 0 radical (unpaired) electrons. The first-order valence-electron chi connectivity index (χ1n) is 4.89. The van der Waals surface area contributed by atoms with Crippen LogP contribution in [0.15, 0.2) is 6.33 Å². The largest absolute Gasteiger partial charge is 0.364 e. The molecule has 0 bridgehead atoms. The fraction of sp³-hybridized carbons (Fsp3) is 0.500. The summed E-state index contributed by atoms with van der Waals surface area (Å²) in [6.07, 6.45) is 4.12. The van der Waals surface area contributed by atoms with E-state index in [1.54, 1.807) is 11.8 Å². The third kappa shape index (κ3) is 3.71. The maximum atomic E-state index is 10.9. The number of rotatable bonds is 7. The van der Waals surface area contributed by atoms with E-state index in [9.17, 15) is 10.1 Å². The zero-order valence-electron chi connectivity index (χ0n) is 9.34. The molecular formula is C8H14N6O2S. The molecule has 0 fully saturated rings. The van der Waals surface area contributed by atoms with Crippen molar-refractivity contribution in [3.63, 3.8) is 0 Å². The molecule has 0 saturated heterocycles. The van der Waals surface area contributed by atoms with E-state index in [1.807, 2.05) is 6.26 Å². The minimum Gasteiger partial charge on any atom is -0.364 e. The van der Waals surface area contributed by atoms with E-state index < -0.39 is 4.92 Å². The van der Waals surface area contributed by atoms with Crippen LogP contribution in [0, 0.1) is 10.1 Å². The Balaban J connectivity index is 2.79. The van der Waals surface area contributed by atoms with Crippen LogP contribution in [0.1, 0.15) is 6.42 Å². The molecule has 4 N–H and O–H groups in total. The Kier molecular flexibility index (Phi) is 5.43. The molecule has 0 saturated carbocycles. The number of nitrogens with one attached hydrogen (secondary N) is 2. The number of hydrogen-bond acceptors (Lipinski definition) is 8. The van der Waals surface area contributed by atoms with Gasteiger partial charge in [0.2, 0.25) is 11.6 Å². The van der Waals surface area contributed by atoms with Gasteiger partial charge in [-0.3, -0.25) is 10.1 Å². The van der Waals surface area contributed by atoms with Crippen molar-refractivity contribution in [2.45, 2.75) is 6.42 Å². The van der Waals surface area contributed by atoms with Gasteiger partial charge in [-0.05, 0) is 18.4 Å². The lowest BCUT2D eigenvalue weighted by Gasteiger charge is -2.07. The second-order valence-corrected chi connectivity index (χ2v) is 4.08. The third-order valence-electron chi connectivity index (χ3n) is 1.96. The Morgan fingerprint density at radius 2 is 2.24 bits per heavy atom. The molecule has 94 valence electrons. The van der Waals surface area contributed by atoms with Gasteiger partial charge in [-0.25, -0.2) is 15.8 Å². The Bertz CT molecular complexity index is 388. The molecule has 0 aliphatic rings. The smallest absolute Gasteiger partial charge is 0.354 e. The summed E-state index contributed by atoms with van der Waals surface area (Å²) in [6.45, 7) is 0.614. The van der Waals surface area contributed by atoms with E-state index in [4.69, 9.17) is 5.84 Å². The van der Waals surface area contributed by atoms with Crippen LogP contribution >= 0.6 is 11.8 Å². The lowest BCUT2D eigenvalue weighted by atomic mass is 10.4. The van der Waals surface area contributed by atoms with Crippen molar-refractivity contribution in [1.29, 1.82) is 0 Å². The average molecular weight is 258 g/mol. The van der Waals surface area contributed by atoms with Gasteiger partial charge in [0, 0.05) is 6.54 Å². The van der Waals surface area contributed by atoms with Gasteiger partial charge in [0.05, 0.1) is 4.92 Å². The van der Waals surface area contributed by atoms with Gasteiger partial charge in [0.15, 0.2) is 0 Å². The van der Waals surface area contributed by atoms with Gasteiger partial charge in [-0.2, -0.15) is 11.8 Å². The van der Waals surface area contributed by atoms with Crippen LogP contribution in [0.25, 0.3) is 0 Å². The standard InChI is InChI=1S/C8H14N6O2S/c1-17-4-2-3-10-7-6(14(15)16)8(13-9)12-5-11-7/h5H,2-4,9H2,1H3,(H2,10,11,12,13). The number of nitrogens with two attached hydrogens (primary N) is 1. The summed E-state index contributed by atoms with van der Waals surface area (Å²) in [5, 5.41) is 13.8. The molecule has 0 aromatic carbocycles. The topological polar surface area (TPSA) is 119 Å². The first-order chi connectivity index (χ1) is 8.20. The lowest BCUT2D eigenvalue weighted by molar-refractivity contribution is -0.383. The summed E-state index contributed by atoms with van der Waals surface area (Å²) in [5.74, 6) is 6.32. The molecule has 1 aromatic rings. The van der Waals surface area contributed by atoms with Gasteiger partial charge < -0.3 is 10.7 Å². The quantitative estimate of drug-likeness (QED) is 0.285.